The van der Waals surface area contributed by atoms with Gasteiger partial charge in [0.05, 0.1) is 40.3 Å². The van der Waals surface area contributed by atoms with Crippen molar-refractivity contribution in [3.63, 3.8) is 0 Å². The van der Waals surface area contributed by atoms with E-state index in [0.29, 0.717) is 40.2 Å². The second-order valence-corrected chi connectivity index (χ2v) is 29.9. The van der Waals surface area contributed by atoms with E-state index in [-0.39, 0.29) is 47.0 Å². The highest BCUT2D eigenvalue weighted by Crippen LogP contribution is 2.65. The fourth-order valence-electron chi connectivity index (χ4n) is 9.27. The number of allylic oxidation sites excluding steroid dienone is 2. The van der Waals surface area contributed by atoms with Crippen molar-refractivity contribution in [1.82, 2.24) is 0 Å². The average Bonchev–Trinajstić information content (AvgIpc) is 3.42. The molecular weight excluding hydrogens is 997 g/mol. The van der Waals surface area contributed by atoms with Crippen LogP contribution < -0.4 is 18.9 Å². The standard InChI is InChI=1S/C63H90O11S2/c1-14-16-18-19-20-21-22-23-24-25-28-47(46-55(64)71-44-43-70-42-41-61(3,4)76(12,13)74-62(5,6)75(10,11)45-17-15-2)59(65)72-58-53-30-27-26-29-52(53)57-54(56(58)60(66)69-9)39-40-63(73-57,48-31-35-50(67-7)36-32-48)49-33-37-51(68-8)38-34-49/h24-27,29-40,47H,14-23,28,41-46H2,1-13H3/b25-24+. The van der Waals surface area contributed by atoms with Gasteiger partial charge in [0.25, 0.3) is 0 Å². The monoisotopic (exact) mass is 1090 g/mol. The molecule has 4 aromatic carbocycles. The SMILES string of the molecule is CCCCCCCCC/C=C/CC(CC(=O)OCCOCCC(C)(C)S(C)(C)OC(C)(C)S(C)(C)CCCC)C(=O)Oc1c(C(=O)OC)c2c(c3ccccc13)OC(c1ccc(OC)cc1)(c1ccc(OC)cc1)C=C2. The van der Waals surface area contributed by atoms with E-state index in [0.717, 1.165) is 36.8 Å². The number of carbonyl (C=O) groups excluding carboxylic acids is 3. The Balaban J connectivity index is 1.37. The molecule has 0 bridgehead atoms. The average molecular weight is 1090 g/mol. The summed E-state index contributed by atoms with van der Waals surface area (Å²) in [7, 11) is 2.04. The fourth-order valence-corrected chi connectivity index (χ4v) is 13.8. The Hall–Kier alpha value is -4.95. The molecule has 0 aliphatic carbocycles. The Bertz CT molecular complexity index is 2510. The minimum absolute atomic E-state index is 0.0167. The van der Waals surface area contributed by atoms with Gasteiger partial charge in [-0.3, -0.25) is 9.59 Å². The zero-order valence-electron chi connectivity index (χ0n) is 48.1. The third kappa shape index (κ3) is 15.8. The van der Waals surface area contributed by atoms with Crippen LogP contribution in [0.2, 0.25) is 0 Å². The minimum Gasteiger partial charge on any atom is -0.497 e. The molecule has 0 saturated heterocycles. The lowest BCUT2D eigenvalue weighted by atomic mass is 9.82. The van der Waals surface area contributed by atoms with Crippen molar-refractivity contribution in [1.29, 1.82) is 0 Å². The quantitative estimate of drug-likeness (QED) is 0.0201. The van der Waals surface area contributed by atoms with Gasteiger partial charge in [0.15, 0.2) is 11.4 Å². The highest BCUT2D eigenvalue weighted by molar-refractivity contribution is 8.34. The highest BCUT2D eigenvalue weighted by Gasteiger charge is 2.43. The molecule has 1 aliphatic rings. The lowest BCUT2D eigenvalue weighted by Crippen LogP contribution is -2.39. The molecule has 0 spiro atoms. The Morgan fingerprint density at radius 1 is 0.711 bits per heavy atom. The Morgan fingerprint density at radius 2 is 1.30 bits per heavy atom. The number of methoxy groups -OCH3 is 3. The topological polar surface area (TPSA) is 125 Å². The molecule has 1 aliphatic heterocycles. The number of hydrogen-bond acceptors (Lipinski definition) is 11. The smallest absolute Gasteiger partial charge is 0.342 e. The Labute approximate surface area is 459 Å². The third-order valence-corrected chi connectivity index (χ3v) is 23.1. The van der Waals surface area contributed by atoms with Gasteiger partial charge in [0, 0.05) is 38.8 Å². The molecule has 13 heteroatoms. The predicted octanol–water partition coefficient (Wildman–Crippen LogP) is 15.3. The van der Waals surface area contributed by atoms with E-state index in [9.17, 15) is 14.4 Å². The van der Waals surface area contributed by atoms with Gasteiger partial charge in [-0.2, -0.15) is 0 Å². The van der Waals surface area contributed by atoms with Gasteiger partial charge in [-0.1, -0.05) is 133 Å². The first-order valence-corrected chi connectivity index (χ1v) is 32.3. The second kappa shape index (κ2) is 28.6. The molecule has 0 aromatic heterocycles. The Kier molecular flexibility index (Phi) is 23.3. The van der Waals surface area contributed by atoms with Gasteiger partial charge in [-0.05, 0) is 113 Å². The van der Waals surface area contributed by atoms with E-state index < -0.39 is 49.8 Å². The van der Waals surface area contributed by atoms with Crippen molar-refractivity contribution in [3.05, 3.63) is 113 Å². The summed E-state index contributed by atoms with van der Waals surface area (Å²) in [6.07, 6.45) is 29.4. The summed E-state index contributed by atoms with van der Waals surface area (Å²) in [6, 6.07) is 22.6. The number of rotatable bonds is 32. The van der Waals surface area contributed by atoms with Crippen LogP contribution in [0.5, 0.6) is 23.0 Å². The van der Waals surface area contributed by atoms with Crippen LogP contribution in [0.3, 0.4) is 0 Å². The molecule has 0 N–H and O–H groups in total. The van der Waals surface area contributed by atoms with Gasteiger partial charge in [-0.15, -0.1) is 10.3 Å². The van der Waals surface area contributed by atoms with Crippen LogP contribution in [0.15, 0.2) is 91.0 Å². The molecule has 0 radical (unpaired) electrons. The number of benzene rings is 4. The molecule has 1 atom stereocenters. The van der Waals surface area contributed by atoms with Crippen LogP contribution in [0.4, 0.5) is 0 Å². The molecule has 76 heavy (non-hydrogen) atoms. The van der Waals surface area contributed by atoms with Crippen LogP contribution in [0.25, 0.3) is 16.8 Å². The number of hydrogen-bond donors (Lipinski definition) is 0. The normalized spacial score (nSPS) is 14.4. The summed E-state index contributed by atoms with van der Waals surface area (Å²) < 4.78 is 48.7. The van der Waals surface area contributed by atoms with Gasteiger partial charge in [0.1, 0.15) is 34.4 Å². The first-order chi connectivity index (χ1) is 36.2. The lowest BCUT2D eigenvalue weighted by Gasteiger charge is -2.56. The van der Waals surface area contributed by atoms with E-state index in [1.54, 1.807) is 20.3 Å². The van der Waals surface area contributed by atoms with Gasteiger partial charge >= 0.3 is 17.9 Å². The fraction of sp³-hybridized carbons (Fsp3) is 0.540. The van der Waals surface area contributed by atoms with Crippen LogP contribution in [0, 0.1) is 5.92 Å². The zero-order chi connectivity index (χ0) is 55.6. The van der Waals surface area contributed by atoms with Crippen molar-refractivity contribution in [3.8, 4) is 23.0 Å². The zero-order valence-corrected chi connectivity index (χ0v) is 49.8. The summed E-state index contributed by atoms with van der Waals surface area (Å²) in [6.45, 7) is 14.2. The van der Waals surface area contributed by atoms with Crippen LogP contribution in [-0.4, -0.2) is 99.5 Å². The van der Waals surface area contributed by atoms with Crippen molar-refractivity contribution in [2.24, 2.45) is 5.92 Å². The second-order valence-electron chi connectivity index (χ2n) is 21.7. The van der Waals surface area contributed by atoms with Crippen LogP contribution in [0.1, 0.15) is 152 Å². The largest absolute Gasteiger partial charge is 0.497 e. The predicted molar refractivity (Wildman–Crippen MR) is 316 cm³/mol. The molecule has 0 fully saturated rings. The van der Waals surface area contributed by atoms with Crippen molar-refractivity contribution in [2.45, 2.75) is 140 Å². The van der Waals surface area contributed by atoms with E-state index >= 15 is 0 Å². The summed E-state index contributed by atoms with van der Waals surface area (Å²) in [4.78, 5) is 42.2. The maximum absolute atomic E-state index is 14.7. The number of esters is 3. The highest BCUT2D eigenvalue weighted by atomic mass is 32.3. The number of unbranched alkanes of at least 4 members (excludes halogenated alkanes) is 8. The minimum atomic E-state index is -1.49. The molecular formula is C63H90O11S2. The molecule has 11 nitrogen and oxygen atoms in total. The first kappa shape index (κ1) is 61.9. The molecule has 1 unspecified atom stereocenters. The Morgan fingerprint density at radius 3 is 1.89 bits per heavy atom. The van der Waals surface area contributed by atoms with Gasteiger partial charge < -0.3 is 37.3 Å². The van der Waals surface area contributed by atoms with Crippen molar-refractivity contribution in [2.75, 3.05) is 71.9 Å². The van der Waals surface area contributed by atoms with Crippen molar-refractivity contribution >= 4 is 55.1 Å². The molecule has 1 heterocycles. The van der Waals surface area contributed by atoms with E-state index in [1.165, 1.54) is 57.8 Å². The van der Waals surface area contributed by atoms with Gasteiger partial charge in [-0.25, -0.2) is 14.8 Å². The maximum atomic E-state index is 14.7. The van der Waals surface area contributed by atoms with Crippen LogP contribution >= 0.6 is 20.3 Å². The van der Waals surface area contributed by atoms with E-state index in [2.05, 4.69) is 72.6 Å². The number of carbonyl (C=O) groups is 3. The summed E-state index contributed by atoms with van der Waals surface area (Å²) in [5, 5.41) is 1.06. The van der Waals surface area contributed by atoms with Crippen molar-refractivity contribution < 1.29 is 51.7 Å². The molecule has 5 rings (SSSR count). The summed E-state index contributed by atoms with van der Waals surface area (Å²) in [5.41, 5.74) is 0.848. The summed E-state index contributed by atoms with van der Waals surface area (Å²) in [5.74, 6) is 0.0945. The number of fused-ring (bicyclic) bond motifs is 3. The molecule has 0 amide bonds. The molecule has 0 saturated carbocycles. The van der Waals surface area contributed by atoms with E-state index in [4.69, 9.17) is 37.3 Å². The van der Waals surface area contributed by atoms with Gasteiger partial charge in [0.2, 0.25) is 0 Å². The lowest BCUT2D eigenvalue weighted by molar-refractivity contribution is -0.151. The van der Waals surface area contributed by atoms with E-state index in [1.807, 2.05) is 85.0 Å². The third-order valence-electron chi connectivity index (χ3n) is 15.3. The van der Waals surface area contributed by atoms with Crippen LogP contribution in [-0.2, 0) is 33.6 Å². The molecule has 420 valence electrons. The summed E-state index contributed by atoms with van der Waals surface area (Å²) >= 11 is 0. The first-order valence-electron chi connectivity index (χ1n) is 27.3. The number of ether oxygens (including phenoxy) is 7. The maximum Gasteiger partial charge on any atom is 0.342 e. The molecule has 4 aromatic rings.